The van der Waals surface area contributed by atoms with Crippen molar-refractivity contribution in [2.75, 3.05) is 0 Å². The van der Waals surface area contributed by atoms with Crippen molar-refractivity contribution in [3.05, 3.63) is 12.2 Å². The number of hydrogen-bond donors (Lipinski definition) is 1. The Morgan fingerprint density at radius 2 is 1.86 bits per heavy atom. The molecule has 0 amide bonds. The molecule has 1 unspecified atom stereocenters. The van der Waals surface area contributed by atoms with Crippen LogP contribution in [0.25, 0.3) is 0 Å². The number of rotatable bonds is 2. The van der Waals surface area contributed by atoms with E-state index in [9.17, 15) is 5.11 Å². The van der Waals surface area contributed by atoms with Gasteiger partial charge in [-0.2, -0.15) is 0 Å². The van der Waals surface area contributed by atoms with Gasteiger partial charge < -0.3 is 9.53 Å². The van der Waals surface area contributed by atoms with Crippen molar-refractivity contribution in [1.82, 2.24) is 0 Å². The zero-order chi connectivity index (χ0) is 11.0. The fourth-order valence-corrected chi connectivity index (χ4v) is 2.58. The van der Waals surface area contributed by atoms with Crippen LogP contribution in [0.2, 0.25) is 18.1 Å². The molecule has 2 nitrogen and oxygen atoms in total. The van der Waals surface area contributed by atoms with Crippen LogP contribution in [0.1, 0.15) is 27.2 Å². The molecule has 2 atom stereocenters. The predicted molar refractivity (Wildman–Crippen MR) is 61.8 cm³/mol. The van der Waals surface area contributed by atoms with Crippen molar-refractivity contribution in [2.45, 2.75) is 57.5 Å². The summed E-state index contributed by atoms with van der Waals surface area (Å²) in [7, 11) is -1.66. The normalized spacial score (nSPS) is 28.4. The molecule has 1 aliphatic carbocycles. The lowest BCUT2D eigenvalue weighted by Crippen LogP contribution is -2.43. The van der Waals surface area contributed by atoms with Crippen molar-refractivity contribution in [1.29, 1.82) is 0 Å². The first kappa shape index (κ1) is 11.9. The molecule has 0 aromatic heterocycles. The summed E-state index contributed by atoms with van der Waals surface area (Å²) in [4.78, 5) is 0. The van der Waals surface area contributed by atoms with E-state index in [0.717, 1.165) is 6.42 Å². The Hall–Kier alpha value is -0.123. The van der Waals surface area contributed by atoms with Gasteiger partial charge in [0.05, 0.1) is 12.2 Å². The average Bonchev–Trinajstić information content (AvgIpc) is 2.31. The summed E-state index contributed by atoms with van der Waals surface area (Å²) in [5.41, 5.74) is 0. The maximum atomic E-state index is 9.35. The van der Waals surface area contributed by atoms with Crippen LogP contribution in [0.15, 0.2) is 12.2 Å². The monoisotopic (exact) mass is 214 g/mol. The fourth-order valence-electron chi connectivity index (χ4n) is 1.29. The first-order valence-corrected chi connectivity index (χ1v) is 8.17. The molecule has 0 aromatic carbocycles. The lowest BCUT2D eigenvalue weighted by atomic mass is 10.2. The smallest absolute Gasteiger partial charge is 0.192 e. The van der Waals surface area contributed by atoms with E-state index in [0.29, 0.717) is 0 Å². The van der Waals surface area contributed by atoms with Gasteiger partial charge in [0.15, 0.2) is 8.32 Å². The third-order valence-electron chi connectivity index (χ3n) is 3.27. The molecule has 0 spiro atoms. The summed E-state index contributed by atoms with van der Waals surface area (Å²) in [6, 6.07) is 0. The van der Waals surface area contributed by atoms with Gasteiger partial charge in [-0.15, -0.1) is 0 Å². The van der Waals surface area contributed by atoms with Gasteiger partial charge in [0.1, 0.15) is 0 Å². The third kappa shape index (κ3) is 2.68. The van der Waals surface area contributed by atoms with E-state index in [2.05, 4.69) is 33.9 Å². The minimum Gasteiger partial charge on any atom is -0.410 e. The largest absolute Gasteiger partial charge is 0.410 e. The Balaban J connectivity index is 2.56. The van der Waals surface area contributed by atoms with E-state index < -0.39 is 8.32 Å². The molecule has 1 aliphatic rings. The number of aliphatic hydroxyl groups is 1. The Bertz CT molecular complexity index is 228. The maximum Gasteiger partial charge on any atom is 0.192 e. The highest BCUT2D eigenvalue weighted by Gasteiger charge is 2.39. The molecule has 0 aromatic rings. The molecule has 0 heterocycles. The van der Waals surface area contributed by atoms with Gasteiger partial charge in [-0.05, 0) is 18.1 Å². The van der Waals surface area contributed by atoms with Gasteiger partial charge in [0.25, 0.3) is 0 Å². The van der Waals surface area contributed by atoms with Crippen LogP contribution in [-0.2, 0) is 4.43 Å². The van der Waals surface area contributed by atoms with Gasteiger partial charge in [-0.25, -0.2) is 0 Å². The van der Waals surface area contributed by atoms with Crippen LogP contribution in [0.3, 0.4) is 0 Å². The van der Waals surface area contributed by atoms with Gasteiger partial charge >= 0.3 is 0 Å². The standard InChI is InChI=1S/C11H22O2Si/c1-11(2,3)14(4,5)13-10-7-6-9(12)8-10/h6-7,9-10,12H,8H2,1-5H3/t9-,10?/m0/s1. The molecule has 0 radical (unpaired) electrons. The second-order valence-corrected chi connectivity index (χ2v) is 10.4. The SMILES string of the molecule is CC(C)(C)[Si](C)(C)OC1C=C[C@H](O)C1. The van der Waals surface area contributed by atoms with Crippen molar-refractivity contribution >= 4 is 8.32 Å². The van der Waals surface area contributed by atoms with E-state index in [4.69, 9.17) is 4.43 Å². The summed E-state index contributed by atoms with van der Waals surface area (Å²) in [6.45, 7) is 11.2. The first-order valence-electron chi connectivity index (χ1n) is 5.26. The Labute approximate surface area is 88.1 Å². The summed E-state index contributed by atoms with van der Waals surface area (Å²) >= 11 is 0. The molecular formula is C11H22O2Si. The van der Waals surface area contributed by atoms with Crippen molar-refractivity contribution in [3.63, 3.8) is 0 Å². The lowest BCUT2D eigenvalue weighted by molar-refractivity contribution is 0.155. The molecule has 82 valence electrons. The zero-order valence-corrected chi connectivity index (χ0v) is 10.9. The van der Waals surface area contributed by atoms with Gasteiger partial charge in [0, 0.05) is 6.42 Å². The molecule has 1 rings (SSSR count). The highest BCUT2D eigenvalue weighted by Crippen LogP contribution is 2.38. The van der Waals surface area contributed by atoms with E-state index in [-0.39, 0.29) is 17.2 Å². The Morgan fingerprint density at radius 3 is 2.21 bits per heavy atom. The van der Waals surface area contributed by atoms with Gasteiger partial charge in [-0.1, -0.05) is 32.9 Å². The molecule has 14 heavy (non-hydrogen) atoms. The topological polar surface area (TPSA) is 29.5 Å². The van der Waals surface area contributed by atoms with Gasteiger partial charge in [0.2, 0.25) is 0 Å². The number of hydrogen-bond acceptors (Lipinski definition) is 2. The molecule has 1 N–H and O–H groups in total. The Kier molecular flexibility index (Phi) is 3.24. The summed E-state index contributed by atoms with van der Waals surface area (Å²) in [5, 5.41) is 9.59. The van der Waals surface area contributed by atoms with Crippen LogP contribution < -0.4 is 0 Å². The molecule has 0 saturated heterocycles. The molecule has 0 bridgehead atoms. The van der Waals surface area contributed by atoms with E-state index in [1.807, 2.05) is 12.2 Å². The van der Waals surface area contributed by atoms with Crippen molar-refractivity contribution in [2.24, 2.45) is 0 Å². The molecule has 0 fully saturated rings. The highest BCUT2D eigenvalue weighted by atomic mass is 28.4. The minimum atomic E-state index is -1.66. The van der Waals surface area contributed by atoms with Crippen molar-refractivity contribution in [3.8, 4) is 0 Å². The molecule has 0 saturated carbocycles. The quantitative estimate of drug-likeness (QED) is 0.566. The zero-order valence-electron chi connectivity index (χ0n) is 9.87. The first-order chi connectivity index (χ1) is 6.22. The fraction of sp³-hybridized carbons (Fsp3) is 0.818. The summed E-state index contributed by atoms with van der Waals surface area (Å²) in [5.74, 6) is 0. The third-order valence-corrected chi connectivity index (χ3v) is 7.78. The maximum absolute atomic E-state index is 9.35. The van der Waals surface area contributed by atoms with E-state index in [1.54, 1.807) is 0 Å². The average molecular weight is 214 g/mol. The van der Waals surface area contributed by atoms with Crippen LogP contribution in [0.5, 0.6) is 0 Å². The van der Waals surface area contributed by atoms with Crippen LogP contribution >= 0.6 is 0 Å². The molecule has 3 heteroatoms. The van der Waals surface area contributed by atoms with E-state index >= 15 is 0 Å². The molecule has 0 aliphatic heterocycles. The lowest BCUT2D eigenvalue weighted by Gasteiger charge is -2.38. The number of aliphatic hydroxyl groups excluding tert-OH is 1. The summed E-state index contributed by atoms with van der Waals surface area (Å²) < 4.78 is 6.13. The predicted octanol–water partition coefficient (Wildman–Crippen LogP) is 2.70. The van der Waals surface area contributed by atoms with Crippen LogP contribution in [0.4, 0.5) is 0 Å². The van der Waals surface area contributed by atoms with Crippen LogP contribution in [-0.4, -0.2) is 25.6 Å². The van der Waals surface area contributed by atoms with Gasteiger partial charge in [-0.3, -0.25) is 0 Å². The van der Waals surface area contributed by atoms with E-state index in [1.165, 1.54) is 0 Å². The second kappa shape index (κ2) is 3.80. The second-order valence-electron chi connectivity index (χ2n) is 5.60. The van der Waals surface area contributed by atoms with Crippen molar-refractivity contribution < 1.29 is 9.53 Å². The van der Waals surface area contributed by atoms with Crippen LogP contribution in [0, 0.1) is 0 Å². The highest BCUT2D eigenvalue weighted by molar-refractivity contribution is 6.74. The molecular weight excluding hydrogens is 192 g/mol. The minimum absolute atomic E-state index is 0.130. The Morgan fingerprint density at radius 1 is 1.29 bits per heavy atom. The summed E-state index contributed by atoms with van der Waals surface area (Å²) in [6.07, 6.45) is 4.38.